The molecule has 3 rings (SSSR count). The van der Waals surface area contributed by atoms with Crippen LogP contribution in [0.4, 0.5) is 17.1 Å². The summed E-state index contributed by atoms with van der Waals surface area (Å²) in [5.41, 5.74) is 1.48. The molecule has 0 aromatic heterocycles. The van der Waals surface area contributed by atoms with Gasteiger partial charge in [-0.2, -0.15) is 0 Å². The molecular formula is C20H20ClN3O3. The Labute approximate surface area is 162 Å². The lowest BCUT2D eigenvalue weighted by Gasteiger charge is -2.16. The molecule has 0 aliphatic heterocycles. The second kappa shape index (κ2) is 7.40. The number of benzene rings is 2. The van der Waals surface area contributed by atoms with Crippen LogP contribution in [-0.4, -0.2) is 17.7 Å². The molecule has 2 aromatic rings. The normalized spacial score (nSPS) is 14.2. The topological polar surface area (TPSA) is 87.3 Å². The van der Waals surface area contributed by atoms with Gasteiger partial charge in [0.15, 0.2) is 0 Å². The van der Waals surface area contributed by atoms with Crippen LogP contribution in [0.3, 0.4) is 0 Å². The van der Waals surface area contributed by atoms with E-state index >= 15 is 0 Å². The van der Waals surface area contributed by atoms with E-state index in [0.717, 1.165) is 5.56 Å². The first-order valence-electron chi connectivity index (χ1n) is 8.57. The SMILES string of the molecule is CC(=O)Nc1cccc(NC(=O)C2(C(=O)Nc3ccc(C)c(Cl)c3)CC2)c1. The molecule has 0 spiro atoms. The Bertz CT molecular complexity index is 922. The number of nitrogens with one attached hydrogen (secondary N) is 3. The molecule has 1 aliphatic rings. The Hall–Kier alpha value is -2.86. The zero-order chi connectivity index (χ0) is 19.6. The van der Waals surface area contributed by atoms with Gasteiger partial charge in [-0.3, -0.25) is 14.4 Å². The van der Waals surface area contributed by atoms with Gasteiger partial charge in [0.2, 0.25) is 17.7 Å². The number of carbonyl (C=O) groups is 3. The van der Waals surface area contributed by atoms with E-state index in [1.54, 1.807) is 36.4 Å². The van der Waals surface area contributed by atoms with Gasteiger partial charge in [-0.25, -0.2) is 0 Å². The lowest BCUT2D eigenvalue weighted by molar-refractivity contribution is -0.131. The molecule has 1 saturated carbocycles. The van der Waals surface area contributed by atoms with Crippen LogP contribution in [0.15, 0.2) is 42.5 Å². The van der Waals surface area contributed by atoms with Crippen molar-refractivity contribution >= 4 is 46.4 Å². The summed E-state index contributed by atoms with van der Waals surface area (Å²) in [7, 11) is 0. The van der Waals surface area contributed by atoms with Crippen molar-refractivity contribution in [3.05, 3.63) is 53.1 Å². The number of halogens is 1. The third kappa shape index (κ3) is 4.28. The van der Waals surface area contributed by atoms with Gasteiger partial charge in [-0.15, -0.1) is 0 Å². The molecule has 0 bridgehead atoms. The highest BCUT2D eigenvalue weighted by atomic mass is 35.5. The second-order valence-corrected chi connectivity index (χ2v) is 7.12. The summed E-state index contributed by atoms with van der Waals surface area (Å²) in [4.78, 5) is 36.5. The van der Waals surface area contributed by atoms with Crippen LogP contribution in [0.1, 0.15) is 25.3 Å². The summed E-state index contributed by atoms with van der Waals surface area (Å²) in [6.07, 6.45) is 0.964. The van der Waals surface area contributed by atoms with Gasteiger partial charge in [-0.05, 0) is 55.7 Å². The van der Waals surface area contributed by atoms with Crippen LogP contribution >= 0.6 is 11.6 Å². The largest absolute Gasteiger partial charge is 0.326 e. The number of anilines is 3. The molecule has 1 aliphatic carbocycles. The van der Waals surface area contributed by atoms with Crippen LogP contribution < -0.4 is 16.0 Å². The Morgan fingerprint density at radius 3 is 1.96 bits per heavy atom. The maximum Gasteiger partial charge on any atom is 0.240 e. The standard InChI is InChI=1S/C20H20ClN3O3/c1-12-6-7-16(11-17(12)21)24-19(27)20(8-9-20)18(26)23-15-5-3-4-14(10-15)22-13(2)25/h3-7,10-11H,8-9H2,1-2H3,(H,22,25)(H,23,26)(H,24,27). The van der Waals surface area contributed by atoms with Gasteiger partial charge in [0, 0.05) is 29.0 Å². The van der Waals surface area contributed by atoms with E-state index in [0.29, 0.717) is 34.9 Å². The Balaban J connectivity index is 1.69. The van der Waals surface area contributed by atoms with Crippen molar-refractivity contribution in [1.82, 2.24) is 0 Å². The van der Waals surface area contributed by atoms with Gasteiger partial charge in [0.25, 0.3) is 0 Å². The van der Waals surface area contributed by atoms with Crippen molar-refractivity contribution in [3.8, 4) is 0 Å². The zero-order valence-corrected chi connectivity index (χ0v) is 15.8. The van der Waals surface area contributed by atoms with E-state index in [9.17, 15) is 14.4 Å². The fourth-order valence-electron chi connectivity index (χ4n) is 2.73. The molecule has 6 nitrogen and oxygen atoms in total. The van der Waals surface area contributed by atoms with Crippen LogP contribution in [-0.2, 0) is 14.4 Å². The fourth-order valence-corrected chi connectivity index (χ4v) is 2.91. The number of hydrogen-bond donors (Lipinski definition) is 3. The zero-order valence-electron chi connectivity index (χ0n) is 15.1. The summed E-state index contributed by atoms with van der Waals surface area (Å²) >= 11 is 6.09. The molecule has 140 valence electrons. The van der Waals surface area contributed by atoms with Crippen molar-refractivity contribution in [3.63, 3.8) is 0 Å². The first-order chi connectivity index (χ1) is 12.8. The highest BCUT2D eigenvalue weighted by Crippen LogP contribution is 2.47. The van der Waals surface area contributed by atoms with Crippen LogP contribution in [0.25, 0.3) is 0 Å². The van der Waals surface area contributed by atoms with E-state index in [4.69, 9.17) is 11.6 Å². The highest BCUT2D eigenvalue weighted by Gasteiger charge is 2.56. The van der Waals surface area contributed by atoms with E-state index in [2.05, 4.69) is 16.0 Å². The predicted octanol–water partition coefficient (Wildman–Crippen LogP) is 3.96. The summed E-state index contributed by atoms with van der Waals surface area (Å²) in [6, 6.07) is 12.0. The second-order valence-electron chi connectivity index (χ2n) is 6.72. The third-order valence-corrected chi connectivity index (χ3v) is 4.90. The van der Waals surface area contributed by atoms with Crippen molar-refractivity contribution < 1.29 is 14.4 Å². The number of amides is 3. The first-order valence-corrected chi connectivity index (χ1v) is 8.95. The number of aryl methyl sites for hydroxylation is 1. The number of rotatable bonds is 5. The molecule has 0 atom stereocenters. The minimum atomic E-state index is -1.08. The maximum absolute atomic E-state index is 12.7. The van der Waals surface area contributed by atoms with Gasteiger partial charge in [0.1, 0.15) is 5.41 Å². The van der Waals surface area contributed by atoms with Crippen LogP contribution in [0, 0.1) is 12.3 Å². The van der Waals surface area contributed by atoms with Crippen LogP contribution in [0.2, 0.25) is 5.02 Å². The first kappa shape index (κ1) is 18.9. The molecule has 1 fully saturated rings. The summed E-state index contributed by atoms with van der Waals surface area (Å²) < 4.78 is 0. The van der Waals surface area contributed by atoms with Crippen molar-refractivity contribution in [2.24, 2.45) is 5.41 Å². The highest BCUT2D eigenvalue weighted by molar-refractivity contribution is 6.31. The molecule has 0 saturated heterocycles. The number of carbonyl (C=O) groups excluding carboxylic acids is 3. The Morgan fingerprint density at radius 1 is 0.889 bits per heavy atom. The van der Waals surface area contributed by atoms with Crippen molar-refractivity contribution in [2.45, 2.75) is 26.7 Å². The van der Waals surface area contributed by atoms with Gasteiger partial charge in [-0.1, -0.05) is 23.7 Å². The predicted molar refractivity (Wildman–Crippen MR) is 106 cm³/mol. The summed E-state index contributed by atoms with van der Waals surface area (Å²) in [5, 5.41) is 8.75. The quantitative estimate of drug-likeness (QED) is 0.680. The molecule has 2 aromatic carbocycles. The third-order valence-electron chi connectivity index (χ3n) is 4.49. The molecular weight excluding hydrogens is 366 g/mol. The van der Waals surface area contributed by atoms with Gasteiger partial charge < -0.3 is 16.0 Å². The maximum atomic E-state index is 12.7. The molecule has 3 N–H and O–H groups in total. The van der Waals surface area contributed by atoms with E-state index < -0.39 is 5.41 Å². The van der Waals surface area contributed by atoms with Gasteiger partial charge >= 0.3 is 0 Å². The van der Waals surface area contributed by atoms with Crippen molar-refractivity contribution in [1.29, 1.82) is 0 Å². The fraction of sp³-hybridized carbons (Fsp3) is 0.250. The van der Waals surface area contributed by atoms with Crippen molar-refractivity contribution in [2.75, 3.05) is 16.0 Å². The summed E-state index contributed by atoms with van der Waals surface area (Å²) in [5.74, 6) is -0.913. The van der Waals surface area contributed by atoms with Gasteiger partial charge in [0.05, 0.1) is 0 Å². The molecule has 3 amide bonds. The number of hydrogen-bond acceptors (Lipinski definition) is 3. The smallest absolute Gasteiger partial charge is 0.240 e. The molecule has 0 unspecified atom stereocenters. The van der Waals surface area contributed by atoms with Crippen LogP contribution in [0.5, 0.6) is 0 Å². The Kier molecular flexibility index (Phi) is 5.19. The molecule has 7 heteroatoms. The lowest BCUT2D eigenvalue weighted by atomic mass is 10.0. The molecule has 0 heterocycles. The molecule has 0 radical (unpaired) electrons. The average molecular weight is 386 g/mol. The van der Waals surface area contributed by atoms with E-state index in [-0.39, 0.29) is 17.7 Å². The minimum Gasteiger partial charge on any atom is -0.326 e. The lowest BCUT2D eigenvalue weighted by Crippen LogP contribution is -2.35. The average Bonchev–Trinajstić information content (AvgIpc) is 3.40. The Morgan fingerprint density at radius 2 is 1.44 bits per heavy atom. The van der Waals surface area contributed by atoms with E-state index in [1.165, 1.54) is 6.92 Å². The minimum absolute atomic E-state index is 0.201. The monoisotopic (exact) mass is 385 g/mol. The molecule has 27 heavy (non-hydrogen) atoms. The van der Waals surface area contributed by atoms with E-state index in [1.807, 2.05) is 13.0 Å². The summed E-state index contributed by atoms with van der Waals surface area (Å²) in [6.45, 7) is 3.28.